The van der Waals surface area contributed by atoms with Gasteiger partial charge in [-0.25, -0.2) is 4.79 Å². The van der Waals surface area contributed by atoms with Crippen LogP contribution in [-0.4, -0.2) is 35.5 Å². The minimum atomic E-state index is -1.08. The Morgan fingerprint density at radius 3 is 2.39 bits per heavy atom. The Labute approximate surface area is 144 Å². The van der Waals surface area contributed by atoms with Crippen molar-refractivity contribution in [1.29, 1.82) is 0 Å². The Hall–Kier alpha value is -1.60. The molecule has 0 saturated heterocycles. The van der Waals surface area contributed by atoms with Crippen LogP contribution in [0.3, 0.4) is 0 Å². The van der Waals surface area contributed by atoms with Crippen molar-refractivity contribution in [3.05, 3.63) is 21.3 Å². The topological polar surface area (TPSA) is 95.5 Å². The van der Waals surface area contributed by atoms with Crippen molar-refractivity contribution < 1.29 is 19.5 Å². The third-order valence-electron chi connectivity index (χ3n) is 3.18. The maximum absolute atomic E-state index is 12.0. The number of halogens is 1. The third kappa shape index (κ3) is 6.58. The van der Waals surface area contributed by atoms with Crippen LogP contribution in [0.25, 0.3) is 0 Å². The number of amides is 2. The standard InChI is InChI=1S/C15H21ClN2O4S/c1-8(2)6-10(15(21)22)18-13(19)7-17-14(20)9(3)11-4-5-12(16)23-11/h4-5,8-10H,6-7H2,1-3H3,(H,17,20)(H,18,19)(H,21,22)/t9?,10-/m0/s1. The largest absolute Gasteiger partial charge is 0.480 e. The lowest BCUT2D eigenvalue weighted by molar-refractivity contribution is -0.142. The van der Waals surface area contributed by atoms with Crippen molar-refractivity contribution in [3.63, 3.8) is 0 Å². The quantitative estimate of drug-likeness (QED) is 0.662. The molecule has 2 atom stereocenters. The second kappa shape index (κ2) is 8.88. The Morgan fingerprint density at radius 2 is 1.91 bits per heavy atom. The lowest BCUT2D eigenvalue weighted by atomic mass is 10.0. The van der Waals surface area contributed by atoms with E-state index in [-0.39, 0.29) is 18.4 Å². The fourth-order valence-electron chi connectivity index (χ4n) is 1.95. The first kappa shape index (κ1) is 19.4. The SMILES string of the molecule is CC(C)C[C@H](NC(=O)CNC(=O)C(C)c1ccc(Cl)s1)C(=O)O. The zero-order valence-electron chi connectivity index (χ0n) is 13.3. The zero-order chi connectivity index (χ0) is 17.6. The molecule has 1 heterocycles. The molecule has 23 heavy (non-hydrogen) atoms. The van der Waals surface area contributed by atoms with Crippen LogP contribution in [0.4, 0.5) is 0 Å². The lowest BCUT2D eigenvalue weighted by Gasteiger charge is -2.17. The molecule has 1 rings (SSSR count). The second-order valence-electron chi connectivity index (χ2n) is 5.67. The maximum Gasteiger partial charge on any atom is 0.326 e. The Kier molecular flexibility index (Phi) is 7.51. The number of aliphatic carboxylic acids is 1. The van der Waals surface area contributed by atoms with Crippen LogP contribution in [0, 0.1) is 5.92 Å². The summed E-state index contributed by atoms with van der Waals surface area (Å²) >= 11 is 7.14. The molecule has 0 bridgehead atoms. The molecule has 8 heteroatoms. The average Bonchev–Trinajstić information content (AvgIpc) is 2.89. The summed E-state index contributed by atoms with van der Waals surface area (Å²) < 4.78 is 0.593. The number of carbonyl (C=O) groups excluding carboxylic acids is 2. The van der Waals surface area contributed by atoms with Gasteiger partial charge in [0.1, 0.15) is 6.04 Å². The molecule has 2 amide bonds. The van der Waals surface area contributed by atoms with Gasteiger partial charge in [-0.2, -0.15) is 0 Å². The monoisotopic (exact) mass is 360 g/mol. The van der Waals surface area contributed by atoms with Crippen LogP contribution in [0.15, 0.2) is 12.1 Å². The van der Waals surface area contributed by atoms with Crippen LogP contribution in [0.2, 0.25) is 4.34 Å². The normalized spacial score (nSPS) is 13.4. The van der Waals surface area contributed by atoms with Crippen LogP contribution in [0.1, 0.15) is 38.0 Å². The molecule has 0 spiro atoms. The Morgan fingerprint density at radius 1 is 1.26 bits per heavy atom. The van der Waals surface area contributed by atoms with Gasteiger partial charge in [0, 0.05) is 4.88 Å². The Bertz CT molecular complexity index is 574. The fourth-order valence-corrected chi connectivity index (χ4v) is 3.06. The highest BCUT2D eigenvalue weighted by Crippen LogP contribution is 2.27. The van der Waals surface area contributed by atoms with Crippen LogP contribution < -0.4 is 10.6 Å². The van der Waals surface area contributed by atoms with E-state index >= 15 is 0 Å². The first-order valence-corrected chi connectivity index (χ1v) is 8.45. The third-order valence-corrected chi connectivity index (χ3v) is 4.59. The summed E-state index contributed by atoms with van der Waals surface area (Å²) in [5, 5.41) is 14.0. The van der Waals surface area contributed by atoms with E-state index in [2.05, 4.69) is 10.6 Å². The minimum Gasteiger partial charge on any atom is -0.480 e. The molecule has 0 aliphatic heterocycles. The summed E-state index contributed by atoms with van der Waals surface area (Å²) in [5.41, 5.74) is 0. The van der Waals surface area contributed by atoms with Gasteiger partial charge in [-0.1, -0.05) is 25.4 Å². The predicted octanol–water partition coefficient (Wildman–Crippen LogP) is 2.24. The molecule has 0 fully saturated rings. The van der Waals surface area contributed by atoms with E-state index in [0.29, 0.717) is 10.8 Å². The van der Waals surface area contributed by atoms with E-state index in [1.54, 1.807) is 19.1 Å². The van der Waals surface area contributed by atoms with Crippen molar-refractivity contribution in [2.24, 2.45) is 5.92 Å². The molecule has 6 nitrogen and oxygen atoms in total. The van der Waals surface area contributed by atoms with Crippen molar-refractivity contribution in [1.82, 2.24) is 10.6 Å². The van der Waals surface area contributed by atoms with Gasteiger partial charge in [0.25, 0.3) is 0 Å². The number of rotatable bonds is 8. The second-order valence-corrected chi connectivity index (χ2v) is 7.42. The molecule has 0 aliphatic carbocycles. The van der Waals surface area contributed by atoms with Crippen LogP contribution in [-0.2, 0) is 14.4 Å². The number of carboxylic acid groups (broad SMARTS) is 1. The molecule has 3 N–H and O–H groups in total. The zero-order valence-corrected chi connectivity index (χ0v) is 14.8. The van der Waals surface area contributed by atoms with E-state index in [4.69, 9.17) is 16.7 Å². The van der Waals surface area contributed by atoms with Crippen molar-refractivity contribution in [2.75, 3.05) is 6.54 Å². The minimum absolute atomic E-state index is 0.134. The molecule has 1 aromatic heterocycles. The molecule has 0 radical (unpaired) electrons. The van der Waals surface area contributed by atoms with E-state index < -0.39 is 23.8 Å². The van der Waals surface area contributed by atoms with Crippen LogP contribution >= 0.6 is 22.9 Å². The first-order chi connectivity index (χ1) is 10.7. The van der Waals surface area contributed by atoms with E-state index in [0.717, 1.165) is 4.88 Å². The number of carbonyl (C=O) groups is 3. The Balaban J connectivity index is 2.48. The summed E-state index contributed by atoms with van der Waals surface area (Å²) in [4.78, 5) is 35.7. The summed E-state index contributed by atoms with van der Waals surface area (Å²) in [6, 6.07) is 2.52. The van der Waals surface area contributed by atoms with Gasteiger partial charge in [0.2, 0.25) is 11.8 Å². The van der Waals surface area contributed by atoms with E-state index in [9.17, 15) is 14.4 Å². The summed E-state index contributed by atoms with van der Waals surface area (Å²) in [6.45, 7) is 5.20. The smallest absolute Gasteiger partial charge is 0.326 e. The number of hydrogen-bond acceptors (Lipinski definition) is 4. The molecule has 0 aromatic carbocycles. The number of hydrogen-bond donors (Lipinski definition) is 3. The maximum atomic E-state index is 12.0. The molecule has 0 aliphatic rings. The van der Waals surface area contributed by atoms with E-state index in [1.807, 2.05) is 13.8 Å². The number of carboxylic acids is 1. The van der Waals surface area contributed by atoms with Crippen LogP contribution in [0.5, 0.6) is 0 Å². The number of thiophene rings is 1. The summed E-state index contributed by atoms with van der Waals surface area (Å²) in [6.07, 6.45) is 0.332. The first-order valence-electron chi connectivity index (χ1n) is 7.25. The van der Waals surface area contributed by atoms with Gasteiger partial charge >= 0.3 is 5.97 Å². The fraction of sp³-hybridized carbons (Fsp3) is 0.533. The molecular formula is C15H21ClN2O4S. The van der Waals surface area contributed by atoms with Crippen molar-refractivity contribution in [3.8, 4) is 0 Å². The van der Waals surface area contributed by atoms with Gasteiger partial charge in [0.05, 0.1) is 16.8 Å². The molecule has 1 unspecified atom stereocenters. The molecule has 1 aromatic rings. The molecule has 128 valence electrons. The predicted molar refractivity (Wildman–Crippen MR) is 89.8 cm³/mol. The highest BCUT2D eigenvalue weighted by atomic mass is 35.5. The van der Waals surface area contributed by atoms with Gasteiger partial charge in [-0.05, 0) is 31.4 Å². The van der Waals surface area contributed by atoms with Gasteiger partial charge in [-0.3, -0.25) is 9.59 Å². The van der Waals surface area contributed by atoms with Crippen molar-refractivity contribution in [2.45, 2.75) is 39.2 Å². The molecule has 0 saturated carbocycles. The van der Waals surface area contributed by atoms with Gasteiger partial charge < -0.3 is 15.7 Å². The number of nitrogens with one attached hydrogen (secondary N) is 2. The molecular weight excluding hydrogens is 340 g/mol. The van der Waals surface area contributed by atoms with Gasteiger partial charge in [-0.15, -0.1) is 11.3 Å². The van der Waals surface area contributed by atoms with E-state index in [1.165, 1.54) is 11.3 Å². The average molecular weight is 361 g/mol. The lowest BCUT2D eigenvalue weighted by Crippen LogP contribution is -2.46. The summed E-state index contributed by atoms with van der Waals surface area (Å²) in [7, 11) is 0. The highest BCUT2D eigenvalue weighted by Gasteiger charge is 2.22. The highest BCUT2D eigenvalue weighted by molar-refractivity contribution is 7.16. The summed E-state index contributed by atoms with van der Waals surface area (Å²) in [5.74, 6) is -2.21. The van der Waals surface area contributed by atoms with Crippen molar-refractivity contribution >= 4 is 40.7 Å². The van der Waals surface area contributed by atoms with Gasteiger partial charge in [0.15, 0.2) is 0 Å².